The van der Waals surface area contributed by atoms with Gasteiger partial charge < -0.3 is 0 Å². The third kappa shape index (κ3) is 1.34. The van der Waals surface area contributed by atoms with Crippen LogP contribution in [0.3, 0.4) is 0 Å². The predicted molar refractivity (Wildman–Crippen MR) is 41.4 cm³/mol. The van der Waals surface area contributed by atoms with Crippen molar-refractivity contribution >= 4 is 14.1 Å². The van der Waals surface area contributed by atoms with Gasteiger partial charge in [0.15, 0.2) is 0 Å². The van der Waals surface area contributed by atoms with Crippen LogP contribution >= 0.6 is 10.1 Å². The number of rotatable bonds is 1. The summed E-state index contributed by atoms with van der Waals surface area (Å²) in [6.07, 6.45) is 0.384. The van der Waals surface area contributed by atoms with E-state index in [4.69, 9.17) is 0 Å². The van der Waals surface area contributed by atoms with Crippen molar-refractivity contribution in [1.82, 2.24) is 9.91 Å². The molecular weight excluding hydrogens is 242 g/mol. The SMILES string of the molecule is CC1N(C)N=[C]([Ag][SH])N1C. The van der Waals surface area contributed by atoms with Gasteiger partial charge in [0.05, 0.1) is 0 Å². The molecule has 1 heterocycles. The van der Waals surface area contributed by atoms with Crippen LogP contribution in [0.15, 0.2) is 5.10 Å². The van der Waals surface area contributed by atoms with Gasteiger partial charge in [-0.3, -0.25) is 0 Å². The molecule has 0 aliphatic carbocycles. The van der Waals surface area contributed by atoms with Gasteiger partial charge in [-0.25, -0.2) is 0 Å². The molecule has 1 unspecified atom stereocenters. The van der Waals surface area contributed by atoms with Crippen LogP contribution in [-0.4, -0.2) is 34.2 Å². The van der Waals surface area contributed by atoms with E-state index in [2.05, 4.69) is 27.0 Å². The van der Waals surface area contributed by atoms with Gasteiger partial charge in [0.1, 0.15) is 0 Å². The molecule has 0 amide bonds. The van der Waals surface area contributed by atoms with E-state index in [0.717, 1.165) is 4.05 Å². The summed E-state index contributed by atoms with van der Waals surface area (Å²) in [5.74, 6) is 0. The average molecular weight is 253 g/mol. The molecule has 5 heteroatoms. The molecule has 0 radical (unpaired) electrons. The van der Waals surface area contributed by atoms with E-state index in [9.17, 15) is 0 Å². The summed E-state index contributed by atoms with van der Waals surface area (Å²) in [6, 6.07) is 0. The summed E-state index contributed by atoms with van der Waals surface area (Å²) in [7, 11) is 8.20. The van der Waals surface area contributed by atoms with Gasteiger partial charge in [0.25, 0.3) is 0 Å². The minimum atomic E-state index is 0.384. The molecule has 3 nitrogen and oxygen atoms in total. The van der Waals surface area contributed by atoms with Crippen LogP contribution in [0.5, 0.6) is 0 Å². The number of amidine groups is 1. The number of hydrogen-bond acceptors (Lipinski definition) is 4. The van der Waals surface area contributed by atoms with Crippen LogP contribution < -0.4 is 0 Å². The third-order valence-corrected chi connectivity index (χ3v) is 3.34. The number of nitrogens with zero attached hydrogens (tertiary/aromatic N) is 3. The first-order valence-electron chi connectivity index (χ1n) is 2.92. The summed E-state index contributed by atoms with van der Waals surface area (Å²) in [5, 5.41) is 6.23. The first kappa shape index (κ1) is 8.46. The summed E-state index contributed by atoms with van der Waals surface area (Å²) in [6.45, 7) is 2.12. The van der Waals surface area contributed by atoms with Crippen molar-refractivity contribution in [2.45, 2.75) is 13.1 Å². The Kier molecular flexibility index (Phi) is 2.68. The first-order valence-corrected chi connectivity index (χ1v) is 5.92. The van der Waals surface area contributed by atoms with Crippen LogP contribution in [0.25, 0.3) is 0 Å². The van der Waals surface area contributed by atoms with E-state index in [1.807, 2.05) is 19.1 Å². The second kappa shape index (κ2) is 3.17. The molecule has 1 rings (SSSR count). The first-order chi connectivity index (χ1) is 4.66. The van der Waals surface area contributed by atoms with Crippen molar-refractivity contribution in [1.29, 1.82) is 0 Å². The second-order valence-corrected chi connectivity index (χ2v) is 4.01. The standard InChI is InChI=1S/C5H10N3.Ag.H2S/c1-5-7(2)4-6-8(5)3;;/h5H,1-3H3;;1H2/q;+1;/p-1. The minimum absolute atomic E-state index is 0.384. The molecule has 63 valence electrons. The van der Waals surface area contributed by atoms with E-state index < -0.39 is 0 Å². The number of thiol groups is 1. The van der Waals surface area contributed by atoms with E-state index in [0.29, 0.717) is 24.6 Å². The van der Waals surface area contributed by atoms with E-state index in [1.165, 1.54) is 0 Å². The molecule has 0 aromatic rings. The molecule has 1 atom stereocenters. The number of hydrazone groups is 1. The fourth-order valence-electron chi connectivity index (χ4n) is 0.724. The monoisotopic (exact) mass is 252 g/mol. The molecule has 0 N–H and O–H groups in total. The van der Waals surface area contributed by atoms with E-state index >= 15 is 0 Å². The van der Waals surface area contributed by atoms with Crippen LogP contribution in [0.1, 0.15) is 6.92 Å². The van der Waals surface area contributed by atoms with Gasteiger partial charge in [-0.1, -0.05) is 0 Å². The van der Waals surface area contributed by atoms with Gasteiger partial charge in [-0.2, -0.15) is 0 Å². The Balaban J connectivity index is 2.68. The van der Waals surface area contributed by atoms with Gasteiger partial charge >= 0.3 is 74.8 Å². The second-order valence-electron chi connectivity index (χ2n) is 2.22. The van der Waals surface area contributed by atoms with E-state index in [-0.39, 0.29) is 0 Å². The Bertz CT molecular complexity index is 161. The van der Waals surface area contributed by atoms with Gasteiger partial charge in [-0.05, 0) is 0 Å². The summed E-state index contributed by atoms with van der Waals surface area (Å²) in [5.41, 5.74) is 0. The fourth-order valence-corrected chi connectivity index (χ4v) is 2.26. The summed E-state index contributed by atoms with van der Waals surface area (Å²) >= 11 is 0.475. The Morgan fingerprint density at radius 3 is 2.40 bits per heavy atom. The van der Waals surface area contributed by atoms with Gasteiger partial charge in [-0.15, -0.1) is 0 Å². The van der Waals surface area contributed by atoms with Crippen LogP contribution in [-0.2, 0) is 18.4 Å². The predicted octanol–water partition coefficient (Wildman–Crippen LogP) is 0.408. The average Bonchev–Trinajstić information content (AvgIpc) is 2.17. The third-order valence-electron chi connectivity index (χ3n) is 1.66. The Labute approximate surface area is 74.8 Å². The molecule has 0 fully saturated rings. The molecule has 0 bridgehead atoms. The molecular formula is C5H11AgN3S. The summed E-state index contributed by atoms with van der Waals surface area (Å²) < 4.78 is 1.07. The molecule has 0 aromatic carbocycles. The van der Waals surface area contributed by atoms with Crippen molar-refractivity contribution in [2.75, 3.05) is 14.1 Å². The van der Waals surface area contributed by atoms with Crippen LogP contribution in [0, 0.1) is 0 Å². The molecule has 1 aliphatic heterocycles. The van der Waals surface area contributed by atoms with Crippen LogP contribution in [0.4, 0.5) is 0 Å². The van der Waals surface area contributed by atoms with Crippen molar-refractivity contribution in [2.24, 2.45) is 5.10 Å². The normalized spacial score (nSPS) is 26.0. The van der Waals surface area contributed by atoms with E-state index in [1.54, 1.807) is 0 Å². The molecule has 0 spiro atoms. The zero-order valence-corrected chi connectivity index (χ0v) is 8.54. The number of hydrogen-bond donors (Lipinski definition) is 1. The summed E-state index contributed by atoms with van der Waals surface area (Å²) in [4.78, 5) is 2.13. The quantitative estimate of drug-likeness (QED) is 0.539. The van der Waals surface area contributed by atoms with Crippen molar-refractivity contribution in [3.05, 3.63) is 0 Å². The Morgan fingerprint density at radius 1 is 1.60 bits per heavy atom. The Hall–Kier alpha value is 0.360. The maximum atomic E-state index is 4.28. The van der Waals surface area contributed by atoms with Crippen molar-refractivity contribution in [3.8, 4) is 0 Å². The molecule has 10 heavy (non-hydrogen) atoms. The van der Waals surface area contributed by atoms with Crippen molar-refractivity contribution in [3.63, 3.8) is 0 Å². The topological polar surface area (TPSA) is 18.8 Å². The maximum absolute atomic E-state index is 4.28. The zero-order valence-electron chi connectivity index (χ0n) is 6.17. The molecule has 0 saturated heterocycles. The molecule has 1 aliphatic rings. The van der Waals surface area contributed by atoms with Gasteiger partial charge in [0, 0.05) is 0 Å². The molecule has 0 saturated carbocycles. The zero-order chi connectivity index (χ0) is 7.72. The van der Waals surface area contributed by atoms with Gasteiger partial charge in [0.2, 0.25) is 0 Å². The Morgan fingerprint density at radius 2 is 2.20 bits per heavy atom. The molecule has 0 aromatic heterocycles. The van der Waals surface area contributed by atoms with Crippen LogP contribution in [0.2, 0.25) is 0 Å². The fraction of sp³-hybridized carbons (Fsp3) is 0.800. The van der Waals surface area contributed by atoms with Crippen molar-refractivity contribution < 1.29 is 18.4 Å².